The van der Waals surface area contributed by atoms with Crippen molar-refractivity contribution in [3.8, 4) is 0 Å². The molecule has 5 N–H and O–H groups in total. The Hall–Kier alpha value is -1.51. The van der Waals surface area contributed by atoms with E-state index in [9.17, 15) is 30.3 Å². The van der Waals surface area contributed by atoms with Crippen LogP contribution in [-0.4, -0.2) is 60.8 Å². The van der Waals surface area contributed by atoms with Crippen molar-refractivity contribution in [3.05, 3.63) is 34.8 Å². The van der Waals surface area contributed by atoms with Gasteiger partial charge in [-0.2, -0.15) is 0 Å². The van der Waals surface area contributed by atoms with Crippen molar-refractivity contribution in [2.75, 3.05) is 0 Å². The summed E-state index contributed by atoms with van der Waals surface area (Å²) in [6.07, 6.45) is 4.78. The number of aliphatic hydroxyl groups is 5. The molecule has 10 atom stereocenters. The third-order valence-electron chi connectivity index (χ3n) is 12.3. The fraction of sp³-hybridized carbons (Fsp3) is 0.788. The predicted molar refractivity (Wildman–Crippen MR) is 152 cm³/mol. The van der Waals surface area contributed by atoms with Crippen molar-refractivity contribution in [3.63, 3.8) is 0 Å². The number of hydrogen-bond acceptors (Lipinski definition) is 7. The number of fused-ring (bicyclic) bond motifs is 5. The van der Waals surface area contributed by atoms with Gasteiger partial charge in [-0.05, 0) is 126 Å². The maximum Gasteiger partial charge on any atom is 0.159 e. The summed E-state index contributed by atoms with van der Waals surface area (Å²) in [6, 6.07) is 0. The van der Waals surface area contributed by atoms with Gasteiger partial charge in [0, 0.05) is 11.3 Å². The molecule has 3 fully saturated rings. The average molecular weight is 559 g/mol. The second kappa shape index (κ2) is 9.50. The highest BCUT2D eigenvalue weighted by molar-refractivity contribution is 5.95. The number of rotatable bonds is 6. The zero-order valence-corrected chi connectivity index (χ0v) is 25.3. The number of aryl methyl sites for hydroxylation is 1. The molecule has 1 heterocycles. The standard InChI is InChI=1S/C33H50O7/c1-18-17-40-28(19(18)2)32(7,27(37)10-11-29(3,4)38)26-9-13-33(39)21-14-23(34)22-15-24(35)25(36)16-30(22,5)20(21)8-12-31(26,33)6/h14,17,20,22,24-27,35-39H,8-13,15-16H2,1-7H3/t20-,22-,24+,25-,26+,27+,30+,31+,32+,33+/m0/s1. The Morgan fingerprint density at radius 3 is 2.35 bits per heavy atom. The number of furan rings is 1. The van der Waals surface area contributed by atoms with Gasteiger partial charge in [0.2, 0.25) is 0 Å². The molecule has 0 aliphatic heterocycles. The van der Waals surface area contributed by atoms with Crippen LogP contribution in [0.1, 0.15) is 103 Å². The smallest absolute Gasteiger partial charge is 0.159 e. The normalized spacial score (nSPS) is 42.0. The first kappa shape index (κ1) is 30.0. The Labute approximate surface area is 238 Å². The lowest BCUT2D eigenvalue weighted by Gasteiger charge is -2.61. The van der Waals surface area contributed by atoms with E-state index in [4.69, 9.17) is 4.42 Å². The van der Waals surface area contributed by atoms with Gasteiger partial charge in [-0.1, -0.05) is 13.8 Å². The summed E-state index contributed by atoms with van der Waals surface area (Å²) in [7, 11) is 0. The van der Waals surface area contributed by atoms with E-state index in [-0.39, 0.29) is 30.0 Å². The van der Waals surface area contributed by atoms with Crippen LogP contribution < -0.4 is 0 Å². The monoisotopic (exact) mass is 558 g/mol. The van der Waals surface area contributed by atoms with Crippen LogP contribution in [0.2, 0.25) is 0 Å². The van der Waals surface area contributed by atoms with Gasteiger partial charge in [0.05, 0.1) is 41.2 Å². The minimum absolute atomic E-state index is 0.0619. The summed E-state index contributed by atoms with van der Waals surface area (Å²) in [6.45, 7) is 13.7. The largest absolute Gasteiger partial charge is 0.468 e. The summed E-state index contributed by atoms with van der Waals surface area (Å²) >= 11 is 0. The van der Waals surface area contributed by atoms with Gasteiger partial charge in [-0.25, -0.2) is 0 Å². The number of carbonyl (C=O) groups excluding carboxylic acids is 1. The fourth-order valence-electron chi connectivity index (χ4n) is 9.70. The molecule has 224 valence electrons. The van der Waals surface area contributed by atoms with E-state index >= 15 is 0 Å². The van der Waals surface area contributed by atoms with E-state index in [0.29, 0.717) is 38.5 Å². The van der Waals surface area contributed by atoms with Gasteiger partial charge in [0.1, 0.15) is 5.76 Å². The molecular weight excluding hydrogens is 508 g/mol. The fourth-order valence-corrected chi connectivity index (χ4v) is 9.70. The topological polar surface area (TPSA) is 131 Å². The first-order chi connectivity index (χ1) is 18.4. The zero-order chi connectivity index (χ0) is 29.6. The molecule has 5 rings (SSSR count). The Morgan fingerprint density at radius 2 is 1.75 bits per heavy atom. The Bertz CT molecular complexity index is 1190. The van der Waals surface area contributed by atoms with Crippen molar-refractivity contribution in [2.24, 2.45) is 28.6 Å². The van der Waals surface area contributed by atoms with Crippen molar-refractivity contribution in [2.45, 2.75) is 135 Å². The van der Waals surface area contributed by atoms with E-state index in [1.807, 2.05) is 13.8 Å². The van der Waals surface area contributed by atoms with E-state index in [2.05, 4.69) is 20.8 Å². The molecule has 0 radical (unpaired) electrons. The number of ketones is 1. The highest BCUT2D eigenvalue weighted by Crippen LogP contribution is 2.70. The van der Waals surface area contributed by atoms with Crippen LogP contribution in [0.15, 0.2) is 22.3 Å². The van der Waals surface area contributed by atoms with Crippen LogP contribution in [0, 0.1) is 42.4 Å². The summed E-state index contributed by atoms with van der Waals surface area (Å²) < 4.78 is 6.19. The third kappa shape index (κ3) is 4.13. The molecule has 1 aromatic rings. The number of hydrogen-bond donors (Lipinski definition) is 5. The SMILES string of the molecule is Cc1coc([C@@](C)([C@H](O)CCC(C)(C)O)[C@@H]2CC[C@@]3(O)C4=CC(=O)[C@@H]5C[C@@H](O)[C@@H](O)C[C@]5(C)[C@H]4CC[C@]23C)c1C. The lowest BCUT2D eigenvalue weighted by molar-refractivity contribution is -0.156. The Balaban J connectivity index is 1.58. The molecule has 1 aromatic heterocycles. The lowest BCUT2D eigenvalue weighted by Crippen LogP contribution is -2.62. The quantitative estimate of drug-likeness (QED) is 0.352. The molecule has 3 saturated carbocycles. The van der Waals surface area contributed by atoms with Crippen LogP contribution in [0.4, 0.5) is 0 Å². The highest BCUT2D eigenvalue weighted by atomic mass is 16.3. The second-order valence-electron chi connectivity index (χ2n) is 15.1. The van der Waals surface area contributed by atoms with Crippen molar-refractivity contribution in [1.29, 1.82) is 0 Å². The maximum absolute atomic E-state index is 13.6. The van der Waals surface area contributed by atoms with Crippen molar-refractivity contribution >= 4 is 5.78 Å². The lowest BCUT2D eigenvalue weighted by atomic mass is 9.45. The molecule has 4 aliphatic carbocycles. The van der Waals surface area contributed by atoms with Gasteiger partial charge in [0.25, 0.3) is 0 Å². The van der Waals surface area contributed by atoms with Gasteiger partial charge >= 0.3 is 0 Å². The van der Waals surface area contributed by atoms with E-state index in [0.717, 1.165) is 28.9 Å². The molecule has 7 heteroatoms. The van der Waals surface area contributed by atoms with E-state index < -0.39 is 45.8 Å². The molecular formula is C33H50O7. The molecule has 4 aliphatic rings. The van der Waals surface area contributed by atoms with Crippen LogP contribution in [0.3, 0.4) is 0 Å². The van der Waals surface area contributed by atoms with Gasteiger partial charge in [-0.3, -0.25) is 4.79 Å². The first-order valence-electron chi connectivity index (χ1n) is 15.2. The molecule has 0 unspecified atom stereocenters. The second-order valence-corrected chi connectivity index (χ2v) is 15.1. The maximum atomic E-state index is 13.6. The molecule has 0 saturated heterocycles. The number of aliphatic hydroxyl groups excluding tert-OH is 3. The molecule has 7 nitrogen and oxygen atoms in total. The molecule has 0 bridgehead atoms. The van der Waals surface area contributed by atoms with Crippen molar-refractivity contribution in [1.82, 2.24) is 0 Å². The molecule has 0 amide bonds. The Kier molecular flexibility index (Phi) is 7.12. The first-order valence-corrected chi connectivity index (χ1v) is 15.2. The molecule has 40 heavy (non-hydrogen) atoms. The number of allylic oxidation sites excluding steroid dienone is 1. The van der Waals surface area contributed by atoms with Gasteiger partial charge in [-0.15, -0.1) is 0 Å². The summed E-state index contributed by atoms with van der Waals surface area (Å²) in [4.78, 5) is 13.6. The number of carbonyl (C=O) groups is 1. The predicted octanol–water partition coefficient (Wildman–Crippen LogP) is 4.27. The van der Waals surface area contributed by atoms with Crippen molar-refractivity contribution < 1.29 is 34.7 Å². The molecule has 0 aromatic carbocycles. The van der Waals surface area contributed by atoms with Crippen LogP contribution >= 0.6 is 0 Å². The summed E-state index contributed by atoms with van der Waals surface area (Å²) in [5, 5.41) is 56.1. The van der Waals surface area contributed by atoms with Gasteiger partial charge < -0.3 is 29.9 Å². The zero-order valence-electron chi connectivity index (χ0n) is 25.3. The van der Waals surface area contributed by atoms with Crippen LogP contribution in [0.5, 0.6) is 0 Å². The van der Waals surface area contributed by atoms with E-state index in [1.54, 1.807) is 26.2 Å². The summed E-state index contributed by atoms with van der Waals surface area (Å²) in [5.74, 6) is 0.0928. The third-order valence-corrected chi connectivity index (χ3v) is 12.3. The highest BCUT2D eigenvalue weighted by Gasteiger charge is 2.70. The minimum atomic E-state index is -1.24. The van der Waals surface area contributed by atoms with Gasteiger partial charge in [0.15, 0.2) is 5.78 Å². The van der Waals surface area contributed by atoms with E-state index in [1.165, 1.54) is 0 Å². The van der Waals surface area contributed by atoms with Crippen LogP contribution in [-0.2, 0) is 10.2 Å². The average Bonchev–Trinajstić information content (AvgIpc) is 3.34. The molecule has 0 spiro atoms. The minimum Gasteiger partial charge on any atom is -0.468 e. The summed E-state index contributed by atoms with van der Waals surface area (Å²) in [5.41, 5.74) is -1.37. The Morgan fingerprint density at radius 1 is 1.07 bits per heavy atom. The van der Waals surface area contributed by atoms with Crippen LogP contribution in [0.25, 0.3) is 0 Å².